The van der Waals surface area contributed by atoms with Gasteiger partial charge in [-0.25, -0.2) is 4.79 Å². The number of aliphatic hydroxyl groups is 4. The molecule has 0 aromatic rings. The van der Waals surface area contributed by atoms with Gasteiger partial charge in [-0.05, 0) is 38.2 Å². The molecule has 9 nitrogen and oxygen atoms in total. The molecular weight excluding hydrogens is 564 g/mol. The number of carbonyl (C=O) groups excluding carboxylic acids is 1. The highest BCUT2D eigenvalue weighted by Gasteiger charge is 2.51. The highest BCUT2D eigenvalue weighted by atomic mass is 16.6. The molecule has 0 saturated carbocycles. The number of cyclic esters (lactones) is 1. The second kappa shape index (κ2) is 16.5. The van der Waals surface area contributed by atoms with E-state index < -0.39 is 60.2 Å². The predicted octanol–water partition coefficient (Wildman–Crippen LogP) is 4.69. The zero-order valence-electron chi connectivity index (χ0n) is 28.6. The van der Waals surface area contributed by atoms with Crippen molar-refractivity contribution in [2.75, 3.05) is 14.2 Å². The maximum Gasteiger partial charge on any atom is 0.373 e. The first kappa shape index (κ1) is 38.2. The number of ether oxygens (including phenoxy) is 4. The van der Waals surface area contributed by atoms with Crippen molar-refractivity contribution in [1.29, 1.82) is 0 Å². The van der Waals surface area contributed by atoms with Gasteiger partial charge in [0.2, 0.25) is 5.76 Å². The largest absolute Gasteiger partial charge is 0.490 e. The third-order valence-corrected chi connectivity index (χ3v) is 9.50. The van der Waals surface area contributed by atoms with Gasteiger partial charge in [0.1, 0.15) is 12.2 Å². The SMILES string of the molecule is CO/C1=C\C(C)=C\[C@@H](C)[C@@H](O)[C@@H](C)C/C(C)=C/C=C/[C@H](OC)[C@@H](C(C)C(O)C(C)[C@@]2(O)C[C@@H](O)[C@H](C)[C@@H](C(C)C)O2)OC1=O. The number of esters is 1. The van der Waals surface area contributed by atoms with Crippen LogP contribution >= 0.6 is 0 Å². The Labute approximate surface area is 264 Å². The molecule has 252 valence electrons. The third kappa shape index (κ3) is 9.50. The average Bonchev–Trinajstić information content (AvgIpc) is 2.96. The second-order valence-corrected chi connectivity index (χ2v) is 13.6. The normalized spacial score (nSPS) is 41.2. The Morgan fingerprint density at radius 1 is 1.05 bits per heavy atom. The Morgan fingerprint density at radius 2 is 1.68 bits per heavy atom. The van der Waals surface area contributed by atoms with E-state index in [0.29, 0.717) is 6.42 Å². The average molecular weight is 623 g/mol. The fourth-order valence-corrected chi connectivity index (χ4v) is 6.54. The molecule has 2 aliphatic heterocycles. The lowest BCUT2D eigenvalue weighted by atomic mass is 9.76. The number of methoxy groups -OCH3 is 2. The van der Waals surface area contributed by atoms with Gasteiger partial charge in [-0.1, -0.05) is 83.9 Å². The van der Waals surface area contributed by atoms with Crippen molar-refractivity contribution >= 4 is 5.97 Å². The molecule has 12 atom stereocenters. The summed E-state index contributed by atoms with van der Waals surface area (Å²) in [7, 11) is 2.87. The summed E-state index contributed by atoms with van der Waals surface area (Å²) in [6.45, 7) is 17.0. The Balaban J connectivity index is 2.52. The smallest absolute Gasteiger partial charge is 0.373 e. The van der Waals surface area contributed by atoms with Crippen LogP contribution in [-0.4, -0.2) is 83.0 Å². The highest BCUT2D eigenvalue weighted by molar-refractivity contribution is 5.87. The minimum Gasteiger partial charge on any atom is -0.490 e. The van der Waals surface area contributed by atoms with E-state index in [2.05, 4.69) is 0 Å². The van der Waals surface area contributed by atoms with Crippen LogP contribution in [-0.2, 0) is 23.7 Å². The van der Waals surface area contributed by atoms with Crippen molar-refractivity contribution in [1.82, 2.24) is 0 Å². The fraction of sp³-hybridized carbons (Fsp3) is 0.743. The van der Waals surface area contributed by atoms with Crippen molar-refractivity contribution in [2.24, 2.45) is 35.5 Å². The molecular formula is C35H58O9. The second-order valence-electron chi connectivity index (χ2n) is 13.6. The highest BCUT2D eigenvalue weighted by Crippen LogP contribution is 2.41. The van der Waals surface area contributed by atoms with E-state index >= 15 is 0 Å². The van der Waals surface area contributed by atoms with Crippen LogP contribution < -0.4 is 0 Å². The summed E-state index contributed by atoms with van der Waals surface area (Å²) >= 11 is 0. The quantitative estimate of drug-likeness (QED) is 0.298. The van der Waals surface area contributed by atoms with Crippen molar-refractivity contribution in [2.45, 2.75) is 118 Å². The van der Waals surface area contributed by atoms with E-state index in [1.165, 1.54) is 14.2 Å². The molecule has 0 radical (unpaired) electrons. The Bertz CT molecular complexity index is 1060. The van der Waals surface area contributed by atoms with Gasteiger partial charge >= 0.3 is 5.97 Å². The van der Waals surface area contributed by atoms with Gasteiger partial charge in [0.15, 0.2) is 5.79 Å². The number of aliphatic hydroxyl groups excluding tert-OH is 3. The van der Waals surface area contributed by atoms with Crippen LogP contribution in [0.25, 0.3) is 0 Å². The van der Waals surface area contributed by atoms with Crippen LogP contribution in [0.5, 0.6) is 0 Å². The molecule has 44 heavy (non-hydrogen) atoms. The number of rotatable bonds is 7. The number of hydrogen-bond donors (Lipinski definition) is 4. The fourth-order valence-electron chi connectivity index (χ4n) is 6.54. The molecule has 1 fully saturated rings. The summed E-state index contributed by atoms with van der Waals surface area (Å²) < 4.78 is 23.4. The maximum absolute atomic E-state index is 13.5. The Hall–Kier alpha value is -2.01. The molecule has 2 heterocycles. The van der Waals surface area contributed by atoms with Gasteiger partial charge in [0, 0.05) is 37.2 Å². The number of hydrogen-bond acceptors (Lipinski definition) is 9. The van der Waals surface area contributed by atoms with E-state index in [0.717, 1.165) is 11.1 Å². The zero-order valence-corrected chi connectivity index (χ0v) is 28.6. The van der Waals surface area contributed by atoms with Gasteiger partial charge in [-0.2, -0.15) is 0 Å². The first-order valence-electron chi connectivity index (χ1n) is 15.9. The van der Waals surface area contributed by atoms with E-state index in [9.17, 15) is 25.2 Å². The Morgan fingerprint density at radius 3 is 2.25 bits per heavy atom. The molecule has 0 aliphatic carbocycles. The third-order valence-electron chi connectivity index (χ3n) is 9.50. The van der Waals surface area contributed by atoms with Gasteiger partial charge in [-0.3, -0.25) is 0 Å². The van der Waals surface area contributed by atoms with Crippen molar-refractivity contribution in [3.05, 3.63) is 47.3 Å². The minimum absolute atomic E-state index is 0.00492. The van der Waals surface area contributed by atoms with Gasteiger partial charge < -0.3 is 39.4 Å². The van der Waals surface area contributed by atoms with E-state index in [4.69, 9.17) is 18.9 Å². The first-order chi connectivity index (χ1) is 20.5. The molecule has 3 unspecified atom stereocenters. The molecule has 0 spiro atoms. The van der Waals surface area contributed by atoms with Crippen LogP contribution in [0.3, 0.4) is 0 Å². The first-order valence-corrected chi connectivity index (χ1v) is 15.9. The summed E-state index contributed by atoms with van der Waals surface area (Å²) in [5.41, 5.74) is 1.78. The molecule has 0 amide bonds. The van der Waals surface area contributed by atoms with Crippen molar-refractivity contribution in [3.8, 4) is 0 Å². The van der Waals surface area contributed by atoms with E-state index in [-0.39, 0.29) is 35.9 Å². The summed E-state index contributed by atoms with van der Waals surface area (Å²) in [4.78, 5) is 13.5. The summed E-state index contributed by atoms with van der Waals surface area (Å²) in [5, 5.41) is 45.0. The van der Waals surface area contributed by atoms with Crippen LogP contribution in [0.2, 0.25) is 0 Å². The molecule has 1 saturated heterocycles. The monoisotopic (exact) mass is 622 g/mol. The van der Waals surface area contributed by atoms with Crippen LogP contribution in [0.4, 0.5) is 0 Å². The molecule has 4 N–H and O–H groups in total. The summed E-state index contributed by atoms with van der Waals surface area (Å²) in [6, 6.07) is 0. The molecule has 0 aromatic carbocycles. The Kier molecular flexibility index (Phi) is 14.3. The molecule has 0 bridgehead atoms. The maximum atomic E-state index is 13.5. The zero-order chi connectivity index (χ0) is 33.5. The molecule has 2 rings (SSSR count). The van der Waals surface area contributed by atoms with Crippen LogP contribution in [0.15, 0.2) is 47.3 Å². The lowest BCUT2D eigenvalue weighted by Gasteiger charge is -2.49. The summed E-state index contributed by atoms with van der Waals surface area (Å²) in [5.74, 6) is -4.49. The van der Waals surface area contributed by atoms with Crippen molar-refractivity contribution < 1.29 is 44.2 Å². The van der Waals surface area contributed by atoms with E-state index in [1.54, 1.807) is 26.0 Å². The number of allylic oxidation sites excluding steroid dienone is 5. The molecule has 0 aromatic heterocycles. The topological polar surface area (TPSA) is 135 Å². The van der Waals surface area contributed by atoms with Gasteiger partial charge in [0.05, 0.1) is 31.5 Å². The van der Waals surface area contributed by atoms with E-state index in [1.807, 2.05) is 66.7 Å². The van der Waals surface area contributed by atoms with Crippen molar-refractivity contribution in [3.63, 3.8) is 0 Å². The van der Waals surface area contributed by atoms with Crippen LogP contribution in [0, 0.1) is 35.5 Å². The lowest BCUT2D eigenvalue weighted by molar-refractivity contribution is -0.328. The van der Waals surface area contributed by atoms with Gasteiger partial charge in [-0.15, -0.1) is 0 Å². The summed E-state index contributed by atoms with van der Waals surface area (Å²) in [6.07, 6.45) is 4.85. The minimum atomic E-state index is -1.80. The molecule has 2 aliphatic rings. The number of carbonyl (C=O) groups is 1. The molecule has 9 heteroatoms. The predicted molar refractivity (Wildman–Crippen MR) is 170 cm³/mol. The van der Waals surface area contributed by atoms with Crippen LogP contribution in [0.1, 0.15) is 75.2 Å². The lowest BCUT2D eigenvalue weighted by Crippen LogP contribution is -2.59. The van der Waals surface area contributed by atoms with Gasteiger partial charge in [0.25, 0.3) is 0 Å². The standard InChI is InChI=1S/C35H58O9/c1-19(2)32-24(7)27(36)18-35(40,44-32)26(9)31(38)25(8)33-28(41-10)14-12-13-20(3)15-22(5)30(37)23(6)16-21(4)17-29(42-11)34(39)43-33/h12-14,16-17,19,22-28,30-33,36-38,40H,15,18H2,1-11H3/b14-12+,20-13+,21-16+,29-17-/t22-,23+,24-,25?,26?,27+,28-,30-,31?,32+,33+,35+/m0/s1.